The van der Waals surface area contributed by atoms with E-state index in [1.165, 1.54) is 0 Å². The van der Waals surface area contributed by atoms with Crippen LogP contribution >= 0.6 is 0 Å². The number of nitrogens with zero attached hydrogens (tertiary/aromatic N) is 3. The Kier molecular flexibility index (Phi) is 6.14. The number of amides is 1. The largest absolute Gasteiger partial charge is 0.356 e. The lowest BCUT2D eigenvalue weighted by molar-refractivity contribution is -0.0367. The fourth-order valence-corrected chi connectivity index (χ4v) is 4.03. The molecular formula is C26H22F2N4O2. The fourth-order valence-electron chi connectivity index (χ4n) is 4.03. The smallest absolute Gasteiger partial charge is 0.255 e. The molecule has 4 aromatic rings. The SMILES string of the molecule is O=C(Nc1cc(F)cc(F)c1)c1ccc2c(c1)c(/C=C/c1ccccn1)nn2C1CCCCO1. The number of anilines is 1. The first kappa shape index (κ1) is 21.9. The lowest BCUT2D eigenvalue weighted by Crippen LogP contribution is -2.19. The Balaban J connectivity index is 1.52. The Morgan fingerprint density at radius 3 is 2.65 bits per heavy atom. The zero-order valence-corrected chi connectivity index (χ0v) is 18.2. The monoisotopic (exact) mass is 460 g/mol. The third kappa shape index (κ3) is 4.72. The highest BCUT2D eigenvalue weighted by molar-refractivity contribution is 6.07. The Bertz CT molecular complexity index is 1340. The summed E-state index contributed by atoms with van der Waals surface area (Å²) in [6, 6.07) is 13.7. The number of ether oxygens (including phenoxy) is 1. The van der Waals surface area contributed by atoms with Gasteiger partial charge in [-0.2, -0.15) is 5.10 Å². The maximum Gasteiger partial charge on any atom is 0.255 e. The number of hydrogen-bond acceptors (Lipinski definition) is 4. The van der Waals surface area contributed by atoms with Gasteiger partial charge in [-0.25, -0.2) is 13.5 Å². The maximum absolute atomic E-state index is 13.5. The number of halogens is 2. The molecule has 0 spiro atoms. The molecular weight excluding hydrogens is 438 g/mol. The number of benzene rings is 2. The molecule has 1 amide bonds. The van der Waals surface area contributed by atoms with Gasteiger partial charge in [0, 0.05) is 35.5 Å². The van der Waals surface area contributed by atoms with Gasteiger partial charge in [0.1, 0.15) is 11.6 Å². The predicted molar refractivity (Wildman–Crippen MR) is 126 cm³/mol. The van der Waals surface area contributed by atoms with E-state index in [2.05, 4.69) is 10.3 Å². The van der Waals surface area contributed by atoms with Gasteiger partial charge in [-0.1, -0.05) is 6.07 Å². The lowest BCUT2D eigenvalue weighted by Gasteiger charge is -2.23. The second kappa shape index (κ2) is 9.52. The number of fused-ring (bicyclic) bond motifs is 1. The molecule has 2 aromatic heterocycles. The molecule has 0 saturated carbocycles. The Morgan fingerprint density at radius 2 is 1.91 bits per heavy atom. The molecule has 0 radical (unpaired) electrons. The third-order valence-electron chi connectivity index (χ3n) is 5.65. The number of rotatable bonds is 5. The molecule has 1 atom stereocenters. The van der Waals surface area contributed by atoms with Crippen molar-refractivity contribution in [2.45, 2.75) is 25.5 Å². The molecule has 1 unspecified atom stereocenters. The molecule has 3 heterocycles. The first-order chi connectivity index (χ1) is 16.6. The number of carbonyl (C=O) groups excluding carboxylic acids is 1. The molecule has 1 aliphatic rings. The molecule has 6 nitrogen and oxygen atoms in total. The predicted octanol–water partition coefficient (Wildman–Crippen LogP) is 5.83. The number of hydrogen-bond donors (Lipinski definition) is 1. The molecule has 0 aliphatic carbocycles. The van der Waals surface area contributed by atoms with Crippen molar-refractivity contribution in [3.8, 4) is 0 Å². The zero-order valence-electron chi connectivity index (χ0n) is 18.2. The van der Waals surface area contributed by atoms with Crippen molar-refractivity contribution in [3.05, 3.63) is 89.4 Å². The van der Waals surface area contributed by atoms with Crippen molar-refractivity contribution in [2.24, 2.45) is 0 Å². The highest BCUT2D eigenvalue weighted by atomic mass is 19.1. The summed E-state index contributed by atoms with van der Waals surface area (Å²) in [6.45, 7) is 0.676. The number of nitrogens with one attached hydrogen (secondary N) is 1. The van der Waals surface area contributed by atoms with Crippen LogP contribution in [0.3, 0.4) is 0 Å². The van der Waals surface area contributed by atoms with Gasteiger partial charge in [-0.05, 0) is 73.9 Å². The van der Waals surface area contributed by atoms with Gasteiger partial charge in [0.05, 0.1) is 16.9 Å². The van der Waals surface area contributed by atoms with Crippen LogP contribution in [0.5, 0.6) is 0 Å². The van der Waals surface area contributed by atoms with Crippen molar-refractivity contribution in [1.82, 2.24) is 14.8 Å². The first-order valence-corrected chi connectivity index (χ1v) is 11.1. The lowest BCUT2D eigenvalue weighted by atomic mass is 10.1. The molecule has 172 valence electrons. The van der Waals surface area contributed by atoms with Gasteiger partial charge >= 0.3 is 0 Å². The molecule has 8 heteroatoms. The van der Waals surface area contributed by atoms with Gasteiger partial charge in [-0.3, -0.25) is 9.78 Å². The molecule has 34 heavy (non-hydrogen) atoms. The van der Waals surface area contributed by atoms with Gasteiger partial charge in [0.25, 0.3) is 5.91 Å². The van der Waals surface area contributed by atoms with Crippen LogP contribution in [0.2, 0.25) is 0 Å². The van der Waals surface area contributed by atoms with Crippen LogP contribution in [0, 0.1) is 11.6 Å². The highest BCUT2D eigenvalue weighted by Crippen LogP contribution is 2.30. The fraction of sp³-hybridized carbons (Fsp3) is 0.192. The minimum Gasteiger partial charge on any atom is -0.356 e. The summed E-state index contributed by atoms with van der Waals surface area (Å²) in [5, 5.41) is 8.10. The van der Waals surface area contributed by atoms with E-state index in [-0.39, 0.29) is 11.9 Å². The quantitative estimate of drug-likeness (QED) is 0.407. The molecule has 1 saturated heterocycles. The van der Waals surface area contributed by atoms with Gasteiger partial charge in [0.15, 0.2) is 6.23 Å². The van der Waals surface area contributed by atoms with Crippen LogP contribution in [-0.2, 0) is 4.74 Å². The summed E-state index contributed by atoms with van der Waals surface area (Å²) < 4.78 is 34.8. The minimum absolute atomic E-state index is 0.0455. The van der Waals surface area contributed by atoms with Gasteiger partial charge in [0.2, 0.25) is 0 Å². The zero-order chi connectivity index (χ0) is 23.5. The molecule has 1 aliphatic heterocycles. The Hall–Kier alpha value is -3.91. The average Bonchev–Trinajstić information content (AvgIpc) is 3.21. The van der Waals surface area contributed by atoms with Gasteiger partial charge < -0.3 is 10.1 Å². The summed E-state index contributed by atoms with van der Waals surface area (Å²) in [5.74, 6) is -2.00. The summed E-state index contributed by atoms with van der Waals surface area (Å²) in [5.41, 5.74) is 2.67. The van der Waals surface area contributed by atoms with Crippen LogP contribution in [0.1, 0.15) is 47.2 Å². The molecule has 1 N–H and O–H groups in total. The van der Waals surface area contributed by atoms with Crippen molar-refractivity contribution in [3.63, 3.8) is 0 Å². The number of aromatic nitrogens is 3. The van der Waals surface area contributed by atoms with Crippen LogP contribution in [0.25, 0.3) is 23.1 Å². The molecule has 0 bridgehead atoms. The van der Waals surface area contributed by atoms with Crippen LogP contribution in [0.4, 0.5) is 14.5 Å². The van der Waals surface area contributed by atoms with E-state index >= 15 is 0 Å². The van der Waals surface area contributed by atoms with E-state index in [4.69, 9.17) is 9.84 Å². The normalized spacial score (nSPS) is 16.2. The first-order valence-electron chi connectivity index (χ1n) is 11.1. The Morgan fingerprint density at radius 1 is 1.06 bits per heavy atom. The van der Waals surface area contributed by atoms with Crippen molar-refractivity contribution in [1.29, 1.82) is 0 Å². The topological polar surface area (TPSA) is 69.0 Å². The summed E-state index contributed by atoms with van der Waals surface area (Å²) in [4.78, 5) is 17.1. The van der Waals surface area contributed by atoms with Crippen LogP contribution in [0.15, 0.2) is 60.8 Å². The van der Waals surface area contributed by atoms with Crippen molar-refractivity contribution >= 4 is 34.6 Å². The Labute approximate surface area is 194 Å². The number of pyridine rings is 1. The summed E-state index contributed by atoms with van der Waals surface area (Å²) in [7, 11) is 0. The minimum atomic E-state index is -0.763. The van der Waals surface area contributed by atoms with E-state index in [1.54, 1.807) is 18.3 Å². The molecule has 1 fully saturated rings. The van der Waals surface area contributed by atoms with E-state index in [0.717, 1.165) is 54.1 Å². The van der Waals surface area contributed by atoms with E-state index in [1.807, 2.05) is 41.1 Å². The second-order valence-corrected chi connectivity index (χ2v) is 8.08. The highest BCUT2D eigenvalue weighted by Gasteiger charge is 2.21. The summed E-state index contributed by atoms with van der Waals surface area (Å²) in [6.07, 6.45) is 8.17. The summed E-state index contributed by atoms with van der Waals surface area (Å²) >= 11 is 0. The average molecular weight is 460 g/mol. The van der Waals surface area contributed by atoms with Crippen molar-refractivity contribution < 1.29 is 18.3 Å². The maximum atomic E-state index is 13.5. The standard InChI is InChI=1S/C26H22F2N4O2/c27-18-14-19(28)16-21(15-18)30-26(33)17-7-10-24-22(13-17)23(9-8-20-5-1-3-11-29-20)31-32(24)25-6-2-4-12-34-25/h1,3,5,7-11,13-16,25H,2,4,6,12H2,(H,30,33)/b9-8+. The number of carbonyl (C=O) groups is 1. The van der Waals surface area contributed by atoms with E-state index < -0.39 is 17.5 Å². The molecule has 2 aromatic carbocycles. The molecule has 5 rings (SSSR count). The van der Waals surface area contributed by atoms with E-state index in [0.29, 0.717) is 17.9 Å². The third-order valence-corrected chi connectivity index (χ3v) is 5.65. The van der Waals surface area contributed by atoms with Crippen molar-refractivity contribution in [2.75, 3.05) is 11.9 Å². The van der Waals surface area contributed by atoms with Crippen LogP contribution in [-0.4, -0.2) is 27.3 Å². The second-order valence-electron chi connectivity index (χ2n) is 8.08. The van der Waals surface area contributed by atoms with Crippen LogP contribution < -0.4 is 5.32 Å². The van der Waals surface area contributed by atoms with Gasteiger partial charge in [-0.15, -0.1) is 0 Å². The van der Waals surface area contributed by atoms with E-state index in [9.17, 15) is 13.6 Å².